The van der Waals surface area contributed by atoms with Gasteiger partial charge in [0.05, 0.1) is 12.2 Å². The van der Waals surface area contributed by atoms with Gasteiger partial charge in [0.2, 0.25) is 5.91 Å². The number of halogens is 4. The van der Waals surface area contributed by atoms with Crippen LogP contribution in [0.25, 0.3) is 0 Å². The summed E-state index contributed by atoms with van der Waals surface area (Å²) < 4.78 is 52.6. The minimum atomic E-state index is -1.66. The minimum Gasteiger partial charge on any atom is -0.347 e. The van der Waals surface area contributed by atoms with Crippen molar-refractivity contribution in [3.63, 3.8) is 0 Å². The molecule has 2 aromatic rings. The third kappa shape index (κ3) is 5.44. The zero-order valence-corrected chi connectivity index (χ0v) is 14.7. The van der Waals surface area contributed by atoms with Crippen molar-refractivity contribution in [1.29, 1.82) is 0 Å². The lowest BCUT2D eigenvalue weighted by Crippen LogP contribution is -2.42. The summed E-state index contributed by atoms with van der Waals surface area (Å²) in [5.74, 6) is -5.12. The number of nitrogens with zero attached hydrogens (tertiary/aromatic N) is 2. The summed E-state index contributed by atoms with van der Waals surface area (Å²) in [6.07, 6.45) is 0. The van der Waals surface area contributed by atoms with Crippen LogP contribution in [0.2, 0.25) is 0 Å². The van der Waals surface area contributed by atoms with Gasteiger partial charge in [0.1, 0.15) is 5.82 Å². The first-order valence-electron chi connectivity index (χ1n) is 7.91. The van der Waals surface area contributed by atoms with Crippen molar-refractivity contribution >= 4 is 17.6 Å². The summed E-state index contributed by atoms with van der Waals surface area (Å²) >= 11 is 0. The number of hydrogen-bond donors (Lipinski definition) is 2. The van der Waals surface area contributed by atoms with E-state index in [4.69, 9.17) is 0 Å². The number of guanidine groups is 1. The molecule has 5 nitrogen and oxygen atoms in total. The van der Waals surface area contributed by atoms with Crippen molar-refractivity contribution in [2.45, 2.75) is 6.54 Å². The first kappa shape index (κ1) is 20.2. The average Bonchev–Trinajstić information content (AvgIpc) is 2.64. The van der Waals surface area contributed by atoms with Gasteiger partial charge in [-0.2, -0.15) is 0 Å². The largest absolute Gasteiger partial charge is 0.347 e. The Hall–Kier alpha value is -3.10. The molecule has 0 atom stereocenters. The molecular weight excluding hydrogens is 364 g/mol. The zero-order valence-electron chi connectivity index (χ0n) is 14.7. The molecule has 0 aliphatic carbocycles. The summed E-state index contributed by atoms with van der Waals surface area (Å²) in [5, 5.41) is 4.92. The molecular formula is C18H18F4N4O. The lowest BCUT2D eigenvalue weighted by atomic mass is 10.2. The predicted octanol–water partition coefficient (Wildman–Crippen LogP) is 2.89. The van der Waals surface area contributed by atoms with Crippen molar-refractivity contribution in [1.82, 2.24) is 10.2 Å². The highest BCUT2D eigenvalue weighted by Crippen LogP contribution is 2.19. The topological polar surface area (TPSA) is 56.7 Å². The molecule has 27 heavy (non-hydrogen) atoms. The number of carbonyl (C=O) groups excluding carboxylic acids is 1. The van der Waals surface area contributed by atoms with Crippen molar-refractivity contribution in [2.75, 3.05) is 26.0 Å². The Morgan fingerprint density at radius 1 is 1.04 bits per heavy atom. The van der Waals surface area contributed by atoms with Gasteiger partial charge in [-0.05, 0) is 29.8 Å². The molecule has 0 saturated heterocycles. The molecule has 0 aliphatic rings. The molecule has 1 amide bonds. The van der Waals surface area contributed by atoms with E-state index in [9.17, 15) is 22.4 Å². The quantitative estimate of drug-likeness (QED) is 0.362. The average molecular weight is 382 g/mol. The molecule has 0 saturated carbocycles. The Balaban J connectivity index is 1.92. The summed E-state index contributed by atoms with van der Waals surface area (Å²) in [5.41, 5.74) is 0.366. The van der Waals surface area contributed by atoms with Gasteiger partial charge in [0.15, 0.2) is 23.4 Å². The first-order valence-corrected chi connectivity index (χ1v) is 7.91. The molecule has 0 unspecified atom stereocenters. The second kappa shape index (κ2) is 9.02. The number of benzene rings is 2. The molecule has 9 heteroatoms. The molecule has 0 radical (unpaired) electrons. The van der Waals surface area contributed by atoms with Crippen LogP contribution in [0.4, 0.5) is 23.2 Å². The molecule has 0 aromatic heterocycles. The predicted molar refractivity (Wildman–Crippen MR) is 94.2 cm³/mol. The van der Waals surface area contributed by atoms with Crippen molar-refractivity contribution < 1.29 is 22.4 Å². The second-order valence-corrected chi connectivity index (χ2v) is 5.65. The Morgan fingerprint density at radius 2 is 1.70 bits per heavy atom. The van der Waals surface area contributed by atoms with Crippen molar-refractivity contribution in [3.8, 4) is 0 Å². The maximum absolute atomic E-state index is 13.6. The molecule has 0 fully saturated rings. The fourth-order valence-corrected chi connectivity index (χ4v) is 2.30. The standard InChI is InChI=1S/C18H18F4N4O/c1-23-18(26(2)10-11-3-5-12(19)6-4-11)24-9-15(27)25-14-8-7-13(20)16(21)17(14)22/h3-8H,9-10H2,1-2H3,(H,23,24)(H,25,27). The van der Waals surface area contributed by atoms with Crippen LogP contribution in [0, 0.1) is 23.3 Å². The lowest BCUT2D eigenvalue weighted by Gasteiger charge is -2.22. The third-order valence-electron chi connectivity index (χ3n) is 3.62. The number of rotatable bonds is 5. The molecule has 0 heterocycles. The summed E-state index contributed by atoms with van der Waals surface area (Å²) in [6, 6.07) is 7.57. The van der Waals surface area contributed by atoms with Gasteiger partial charge in [-0.1, -0.05) is 12.1 Å². The maximum atomic E-state index is 13.6. The molecule has 0 spiro atoms. The zero-order chi connectivity index (χ0) is 20.0. The van der Waals surface area contributed by atoms with Crippen LogP contribution >= 0.6 is 0 Å². The molecule has 0 bridgehead atoms. The number of nitrogens with one attached hydrogen (secondary N) is 2. The fourth-order valence-electron chi connectivity index (χ4n) is 2.30. The van der Waals surface area contributed by atoms with E-state index in [0.29, 0.717) is 12.5 Å². The summed E-state index contributed by atoms with van der Waals surface area (Å²) in [7, 11) is 3.22. The van der Waals surface area contributed by atoms with Crippen LogP contribution < -0.4 is 10.6 Å². The smallest absolute Gasteiger partial charge is 0.243 e. The van der Waals surface area contributed by atoms with Crippen LogP contribution in [0.15, 0.2) is 41.4 Å². The lowest BCUT2D eigenvalue weighted by molar-refractivity contribution is -0.115. The van der Waals surface area contributed by atoms with Crippen molar-refractivity contribution in [2.24, 2.45) is 4.99 Å². The molecule has 2 rings (SSSR count). The van der Waals surface area contributed by atoms with Gasteiger partial charge < -0.3 is 15.5 Å². The highest BCUT2D eigenvalue weighted by molar-refractivity contribution is 5.95. The van der Waals surface area contributed by atoms with E-state index in [-0.39, 0.29) is 12.4 Å². The number of aliphatic imine (C=N–C) groups is 1. The Morgan fingerprint density at radius 3 is 2.33 bits per heavy atom. The van der Waals surface area contributed by atoms with E-state index in [1.165, 1.54) is 19.2 Å². The number of carbonyl (C=O) groups is 1. The molecule has 0 aliphatic heterocycles. The third-order valence-corrected chi connectivity index (χ3v) is 3.62. The van der Waals surface area contributed by atoms with Gasteiger partial charge in [0, 0.05) is 20.6 Å². The van der Waals surface area contributed by atoms with Gasteiger partial charge >= 0.3 is 0 Å². The normalized spacial score (nSPS) is 11.3. The molecule has 2 N–H and O–H groups in total. The van der Waals surface area contributed by atoms with E-state index >= 15 is 0 Å². The maximum Gasteiger partial charge on any atom is 0.243 e. The van der Waals surface area contributed by atoms with Gasteiger partial charge in [0.25, 0.3) is 0 Å². The van der Waals surface area contributed by atoms with Gasteiger partial charge in [-0.15, -0.1) is 0 Å². The number of amides is 1. The number of anilines is 1. The summed E-state index contributed by atoms with van der Waals surface area (Å²) in [6.45, 7) is 0.123. The van der Waals surface area contributed by atoms with E-state index < -0.39 is 29.0 Å². The van der Waals surface area contributed by atoms with Crippen LogP contribution in [0.1, 0.15) is 5.56 Å². The van der Waals surface area contributed by atoms with Crippen LogP contribution in [-0.2, 0) is 11.3 Å². The number of hydrogen-bond acceptors (Lipinski definition) is 2. The van der Waals surface area contributed by atoms with Crippen molar-refractivity contribution in [3.05, 3.63) is 65.2 Å². The molecule has 2 aromatic carbocycles. The van der Waals surface area contributed by atoms with E-state index in [1.807, 2.05) is 0 Å². The van der Waals surface area contributed by atoms with Crippen LogP contribution in [0.5, 0.6) is 0 Å². The van der Waals surface area contributed by atoms with Gasteiger partial charge in [-0.25, -0.2) is 17.6 Å². The summed E-state index contributed by atoms with van der Waals surface area (Å²) in [4.78, 5) is 17.6. The Kier molecular flexibility index (Phi) is 6.75. The Bertz CT molecular complexity index is 840. The first-order chi connectivity index (χ1) is 12.8. The van der Waals surface area contributed by atoms with Gasteiger partial charge in [-0.3, -0.25) is 9.79 Å². The van der Waals surface area contributed by atoms with E-state index in [0.717, 1.165) is 17.7 Å². The molecule has 144 valence electrons. The van der Waals surface area contributed by atoms with E-state index in [1.54, 1.807) is 24.1 Å². The highest BCUT2D eigenvalue weighted by Gasteiger charge is 2.16. The van der Waals surface area contributed by atoms with Crippen LogP contribution in [-0.4, -0.2) is 37.4 Å². The highest BCUT2D eigenvalue weighted by atomic mass is 19.2. The SMILES string of the molecule is CN=C(NCC(=O)Nc1ccc(F)c(F)c1F)N(C)Cc1ccc(F)cc1. The van der Waals surface area contributed by atoms with E-state index in [2.05, 4.69) is 15.6 Å². The fraction of sp³-hybridized carbons (Fsp3) is 0.222. The second-order valence-electron chi connectivity index (χ2n) is 5.65. The Labute approximate surface area is 153 Å². The minimum absolute atomic E-state index is 0.279. The monoisotopic (exact) mass is 382 g/mol. The van der Waals surface area contributed by atoms with Crippen LogP contribution in [0.3, 0.4) is 0 Å².